The van der Waals surface area contributed by atoms with E-state index in [2.05, 4.69) is 0 Å². The second-order valence-electron chi connectivity index (χ2n) is 3.41. The maximum absolute atomic E-state index is 9.53. The van der Waals surface area contributed by atoms with E-state index in [4.69, 9.17) is 4.74 Å². The summed E-state index contributed by atoms with van der Waals surface area (Å²) in [4.78, 5) is 0. The van der Waals surface area contributed by atoms with Crippen molar-refractivity contribution in [2.75, 3.05) is 6.61 Å². The van der Waals surface area contributed by atoms with Crippen molar-refractivity contribution in [2.45, 2.75) is 45.3 Å². The van der Waals surface area contributed by atoms with E-state index < -0.39 is 0 Å². The monoisotopic (exact) mass is 158 g/mol. The lowest BCUT2D eigenvalue weighted by Gasteiger charge is -2.18. The lowest BCUT2D eigenvalue weighted by Crippen LogP contribution is -2.26. The lowest BCUT2D eigenvalue weighted by molar-refractivity contribution is -0.0269. The van der Waals surface area contributed by atoms with E-state index in [0.29, 0.717) is 6.61 Å². The van der Waals surface area contributed by atoms with Gasteiger partial charge in [0.05, 0.1) is 12.2 Å². The van der Waals surface area contributed by atoms with Gasteiger partial charge in [-0.15, -0.1) is 0 Å². The van der Waals surface area contributed by atoms with Gasteiger partial charge < -0.3 is 9.84 Å². The molecule has 2 heteroatoms. The Bertz CT molecular complexity index is 110. The standard InChI is InChI=1S/C9H18O2/c1-3-11-7(2)9(10)6-8-4-5-8/h7-10H,3-6H2,1-2H3. The van der Waals surface area contributed by atoms with E-state index in [1.54, 1.807) is 0 Å². The van der Waals surface area contributed by atoms with Crippen LogP contribution in [-0.2, 0) is 4.74 Å². The Balaban J connectivity index is 2.10. The lowest BCUT2D eigenvalue weighted by atomic mass is 10.1. The molecule has 2 nitrogen and oxygen atoms in total. The van der Waals surface area contributed by atoms with Crippen LogP contribution in [0.2, 0.25) is 0 Å². The molecule has 1 N–H and O–H groups in total. The smallest absolute Gasteiger partial charge is 0.0805 e. The predicted molar refractivity (Wildman–Crippen MR) is 44.4 cm³/mol. The highest BCUT2D eigenvalue weighted by molar-refractivity contribution is 4.78. The van der Waals surface area contributed by atoms with Crippen molar-refractivity contribution in [1.82, 2.24) is 0 Å². The molecule has 0 amide bonds. The van der Waals surface area contributed by atoms with Gasteiger partial charge in [-0.1, -0.05) is 12.8 Å². The fraction of sp³-hybridized carbons (Fsp3) is 1.00. The number of hydrogen-bond donors (Lipinski definition) is 1. The average molecular weight is 158 g/mol. The van der Waals surface area contributed by atoms with Gasteiger partial charge in [0.2, 0.25) is 0 Å². The molecular weight excluding hydrogens is 140 g/mol. The van der Waals surface area contributed by atoms with Crippen LogP contribution in [0.1, 0.15) is 33.1 Å². The molecule has 0 heterocycles. The molecule has 1 rings (SSSR count). The van der Waals surface area contributed by atoms with Crippen LogP contribution in [0.4, 0.5) is 0 Å². The quantitative estimate of drug-likeness (QED) is 0.658. The molecule has 1 fully saturated rings. The first-order chi connectivity index (χ1) is 5.24. The van der Waals surface area contributed by atoms with Gasteiger partial charge in [0.25, 0.3) is 0 Å². The van der Waals surface area contributed by atoms with Gasteiger partial charge in [0.1, 0.15) is 0 Å². The minimum Gasteiger partial charge on any atom is -0.390 e. The summed E-state index contributed by atoms with van der Waals surface area (Å²) in [5.41, 5.74) is 0. The zero-order valence-corrected chi connectivity index (χ0v) is 7.42. The largest absolute Gasteiger partial charge is 0.390 e. The number of rotatable bonds is 5. The Hall–Kier alpha value is -0.0800. The molecule has 2 atom stereocenters. The molecule has 1 saturated carbocycles. The highest BCUT2D eigenvalue weighted by Crippen LogP contribution is 2.34. The topological polar surface area (TPSA) is 29.5 Å². The Labute approximate surface area is 68.6 Å². The normalized spacial score (nSPS) is 23.2. The number of ether oxygens (including phenoxy) is 1. The predicted octanol–water partition coefficient (Wildman–Crippen LogP) is 1.57. The highest BCUT2D eigenvalue weighted by Gasteiger charge is 2.27. The van der Waals surface area contributed by atoms with Gasteiger partial charge in [-0.05, 0) is 26.2 Å². The van der Waals surface area contributed by atoms with Gasteiger partial charge in [0.15, 0.2) is 0 Å². The van der Waals surface area contributed by atoms with Crippen molar-refractivity contribution in [2.24, 2.45) is 5.92 Å². The molecule has 0 bridgehead atoms. The van der Waals surface area contributed by atoms with E-state index in [0.717, 1.165) is 12.3 Å². The zero-order valence-electron chi connectivity index (χ0n) is 7.42. The van der Waals surface area contributed by atoms with Crippen molar-refractivity contribution in [3.05, 3.63) is 0 Å². The maximum atomic E-state index is 9.53. The van der Waals surface area contributed by atoms with Crippen LogP contribution >= 0.6 is 0 Å². The number of aliphatic hydroxyl groups is 1. The second-order valence-corrected chi connectivity index (χ2v) is 3.41. The van der Waals surface area contributed by atoms with Crippen LogP contribution < -0.4 is 0 Å². The molecule has 1 aliphatic rings. The first kappa shape index (κ1) is 9.01. The third kappa shape index (κ3) is 3.21. The maximum Gasteiger partial charge on any atom is 0.0805 e. The van der Waals surface area contributed by atoms with Gasteiger partial charge in [-0.2, -0.15) is 0 Å². The van der Waals surface area contributed by atoms with Crippen molar-refractivity contribution in [3.63, 3.8) is 0 Å². The Kier molecular flexibility index (Phi) is 3.34. The molecule has 0 spiro atoms. The van der Waals surface area contributed by atoms with Gasteiger partial charge in [-0.25, -0.2) is 0 Å². The van der Waals surface area contributed by atoms with Crippen molar-refractivity contribution >= 4 is 0 Å². The minimum absolute atomic E-state index is 0.0144. The molecule has 2 unspecified atom stereocenters. The van der Waals surface area contributed by atoms with Crippen molar-refractivity contribution in [1.29, 1.82) is 0 Å². The SMILES string of the molecule is CCOC(C)C(O)CC1CC1. The zero-order chi connectivity index (χ0) is 8.27. The number of hydrogen-bond acceptors (Lipinski definition) is 2. The summed E-state index contributed by atoms with van der Waals surface area (Å²) >= 11 is 0. The van der Waals surface area contributed by atoms with E-state index in [-0.39, 0.29) is 12.2 Å². The van der Waals surface area contributed by atoms with Crippen LogP contribution in [0.5, 0.6) is 0 Å². The molecule has 0 radical (unpaired) electrons. The molecule has 1 aliphatic carbocycles. The highest BCUT2D eigenvalue weighted by atomic mass is 16.5. The van der Waals surface area contributed by atoms with E-state index >= 15 is 0 Å². The summed E-state index contributed by atoms with van der Waals surface area (Å²) in [5, 5.41) is 9.53. The van der Waals surface area contributed by atoms with Crippen LogP contribution in [0.3, 0.4) is 0 Å². The second kappa shape index (κ2) is 4.07. The van der Waals surface area contributed by atoms with Gasteiger partial charge >= 0.3 is 0 Å². The van der Waals surface area contributed by atoms with E-state index in [9.17, 15) is 5.11 Å². The molecule has 0 aromatic rings. The third-order valence-electron chi connectivity index (χ3n) is 2.24. The van der Waals surface area contributed by atoms with Crippen molar-refractivity contribution < 1.29 is 9.84 Å². The van der Waals surface area contributed by atoms with Crippen LogP contribution in [0.15, 0.2) is 0 Å². The van der Waals surface area contributed by atoms with Crippen LogP contribution in [0.25, 0.3) is 0 Å². The van der Waals surface area contributed by atoms with E-state index in [1.165, 1.54) is 12.8 Å². The summed E-state index contributed by atoms with van der Waals surface area (Å²) < 4.78 is 5.28. The summed E-state index contributed by atoms with van der Waals surface area (Å²) in [6.07, 6.45) is 3.30. The summed E-state index contributed by atoms with van der Waals surface area (Å²) in [7, 11) is 0. The Morgan fingerprint density at radius 3 is 2.64 bits per heavy atom. The first-order valence-corrected chi connectivity index (χ1v) is 4.53. The molecule has 0 saturated heterocycles. The third-order valence-corrected chi connectivity index (χ3v) is 2.24. The Morgan fingerprint density at radius 1 is 1.55 bits per heavy atom. The van der Waals surface area contributed by atoms with Crippen molar-refractivity contribution in [3.8, 4) is 0 Å². The molecular formula is C9H18O2. The molecule has 66 valence electrons. The Morgan fingerprint density at radius 2 is 2.18 bits per heavy atom. The van der Waals surface area contributed by atoms with Crippen LogP contribution in [-0.4, -0.2) is 23.9 Å². The molecule has 0 aromatic heterocycles. The molecule has 0 aliphatic heterocycles. The first-order valence-electron chi connectivity index (χ1n) is 4.53. The number of aliphatic hydroxyl groups excluding tert-OH is 1. The summed E-state index contributed by atoms with van der Waals surface area (Å²) in [5.74, 6) is 0.785. The van der Waals surface area contributed by atoms with Crippen LogP contribution in [0, 0.1) is 5.92 Å². The van der Waals surface area contributed by atoms with E-state index in [1.807, 2.05) is 13.8 Å². The van der Waals surface area contributed by atoms with Gasteiger partial charge in [-0.3, -0.25) is 0 Å². The molecule has 11 heavy (non-hydrogen) atoms. The summed E-state index contributed by atoms with van der Waals surface area (Å²) in [6.45, 7) is 4.60. The molecule has 0 aromatic carbocycles. The minimum atomic E-state index is -0.248. The fourth-order valence-corrected chi connectivity index (χ4v) is 1.26. The average Bonchev–Trinajstić information content (AvgIpc) is 2.72. The van der Waals surface area contributed by atoms with Gasteiger partial charge in [0, 0.05) is 6.61 Å². The fourth-order valence-electron chi connectivity index (χ4n) is 1.26. The summed E-state index contributed by atoms with van der Waals surface area (Å²) in [6, 6.07) is 0.